The second kappa shape index (κ2) is 5.00. The van der Waals surface area contributed by atoms with Gasteiger partial charge in [0.15, 0.2) is 0 Å². The van der Waals surface area contributed by atoms with Crippen molar-refractivity contribution in [1.29, 1.82) is 0 Å². The first kappa shape index (κ1) is 13.3. The standard InChI is InChI=1S/C17H15FOS/c1-10-7-13(18)8-11(2)16(10)17(19)15-9-12-5-3-4-6-14(12)20-15/h3-9,17,19H,1-2H3. The van der Waals surface area contributed by atoms with Gasteiger partial charge in [-0.3, -0.25) is 0 Å². The highest BCUT2D eigenvalue weighted by molar-refractivity contribution is 7.19. The van der Waals surface area contributed by atoms with E-state index in [1.54, 1.807) is 11.3 Å². The Bertz CT molecular complexity index is 720. The van der Waals surface area contributed by atoms with Crippen molar-refractivity contribution in [3.63, 3.8) is 0 Å². The number of thiophene rings is 1. The maximum Gasteiger partial charge on any atom is 0.123 e. The fourth-order valence-electron chi connectivity index (χ4n) is 2.63. The predicted molar refractivity (Wildman–Crippen MR) is 81.8 cm³/mol. The molecule has 0 aliphatic rings. The molecule has 0 radical (unpaired) electrons. The summed E-state index contributed by atoms with van der Waals surface area (Å²) in [5.74, 6) is -0.257. The molecule has 20 heavy (non-hydrogen) atoms. The summed E-state index contributed by atoms with van der Waals surface area (Å²) in [7, 11) is 0. The monoisotopic (exact) mass is 286 g/mol. The molecule has 1 heterocycles. The molecule has 2 aromatic carbocycles. The molecule has 0 aliphatic heterocycles. The van der Waals surface area contributed by atoms with E-state index in [1.165, 1.54) is 12.1 Å². The third-order valence-corrected chi connectivity index (χ3v) is 4.71. The number of aliphatic hydroxyl groups is 1. The molecular formula is C17H15FOS. The predicted octanol–water partition coefficient (Wildman–Crippen LogP) is 4.74. The van der Waals surface area contributed by atoms with Gasteiger partial charge in [-0.25, -0.2) is 4.39 Å². The zero-order valence-electron chi connectivity index (χ0n) is 11.4. The highest BCUT2D eigenvalue weighted by atomic mass is 32.1. The van der Waals surface area contributed by atoms with Crippen LogP contribution in [0, 0.1) is 19.7 Å². The van der Waals surface area contributed by atoms with Crippen LogP contribution >= 0.6 is 11.3 Å². The van der Waals surface area contributed by atoms with Crippen molar-refractivity contribution in [2.45, 2.75) is 20.0 Å². The highest BCUT2D eigenvalue weighted by Crippen LogP contribution is 2.35. The smallest absolute Gasteiger partial charge is 0.123 e. The van der Waals surface area contributed by atoms with Gasteiger partial charge in [-0.05, 0) is 60.2 Å². The van der Waals surface area contributed by atoms with Crippen LogP contribution in [0.2, 0.25) is 0 Å². The van der Waals surface area contributed by atoms with Crippen molar-refractivity contribution < 1.29 is 9.50 Å². The summed E-state index contributed by atoms with van der Waals surface area (Å²) in [6.45, 7) is 3.67. The van der Waals surface area contributed by atoms with Gasteiger partial charge in [-0.1, -0.05) is 18.2 Å². The summed E-state index contributed by atoms with van der Waals surface area (Å²) >= 11 is 1.58. The lowest BCUT2D eigenvalue weighted by atomic mass is 9.96. The molecule has 1 unspecified atom stereocenters. The molecule has 1 N–H and O–H groups in total. The molecule has 1 atom stereocenters. The summed E-state index contributed by atoms with van der Waals surface area (Å²) in [5, 5.41) is 11.8. The molecule has 3 rings (SSSR count). The van der Waals surface area contributed by atoms with Gasteiger partial charge in [0.1, 0.15) is 11.9 Å². The van der Waals surface area contributed by atoms with Crippen molar-refractivity contribution in [2.75, 3.05) is 0 Å². The molecular weight excluding hydrogens is 271 g/mol. The minimum absolute atomic E-state index is 0.257. The van der Waals surface area contributed by atoms with Gasteiger partial charge in [-0.15, -0.1) is 11.3 Å². The number of benzene rings is 2. The topological polar surface area (TPSA) is 20.2 Å². The molecule has 1 nitrogen and oxygen atoms in total. The minimum atomic E-state index is -0.701. The number of hydrogen-bond donors (Lipinski definition) is 1. The molecule has 3 heteroatoms. The van der Waals surface area contributed by atoms with Gasteiger partial charge in [0.05, 0.1) is 0 Å². The average molecular weight is 286 g/mol. The molecule has 0 aliphatic carbocycles. The Morgan fingerprint density at radius 1 is 1.05 bits per heavy atom. The first-order valence-corrected chi connectivity index (χ1v) is 7.31. The van der Waals surface area contributed by atoms with E-state index in [4.69, 9.17) is 0 Å². The molecule has 0 fully saturated rings. The highest BCUT2D eigenvalue weighted by Gasteiger charge is 2.18. The van der Waals surface area contributed by atoms with Crippen molar-refractivity contribution in [1.82, 2.24) is 0 Å². The second-order valence-electron chi connectivity index (χ2n) is 5.04. The first-order valence-electron chi connectivity index (χ1n) is 6.49. The van der Waals surface area contributed by atoms with E-state index in [0.717, 1.165) is 31.7 Å². The van der Waals surface area contributed by atoms with Crippen LogP contribution in [0.25, 0.3) is 10.1 Å². The van der Waals surface area contributed by atoms with E-state index in [9.17, 15) is 9.50 Å². The number of aryl methyl sites for hydroxylation is 2. The maximum atomic E-state index is 13.4. The lowest BCUT2D eigenvalue weighted by Gasteiger charge is -2.15. The largest absolute Gasteiger partial charge is 0.383 e. The molecule has 102 valence electrons. The van der Waals surface area contributed by atoms with Crippen LogP contribution < -0.4 is 0 Å². The van der Waals surface area contributed by atoms with Crippen LogP contribution in [-0.4, -0.2) is 5.11 Å². The van der Waals surface area contributed by atoms with Crippen molar-refractivity contribution in [3.8, 4) is 0 Å². The van der Waals surface area contributed by atoms with Crippen LogP contribution in [0.1, 0.15) is 27.7 Å². The molecule has 1 aromatic heterocycles. The van der Waals surface area contributed by atoms with Crippen molar-refractivity contribution in [2.24, 2.45) is 0 Å². The van der Waals surface area contributed by atoms with Crippen LogP contribution in [0.5, 0.6) is 0 Å². The Labute approximate surface area is 121 Å². The third kappa shape index (κ3) is 2.23. The Kier molecular flexibility index (Phi) is 3.32. The van der Waals surface area contributed by atoms with E-state index in [-0.39, 0.29) is 5.82 Å². The Balaban J connectivity index is 2.10. The molecule has 0 amide bonds. The SMILES string of the molecule is Cc1cc(F)cc(C)c1C(O)c1cc2ccccc2s1. The number of halogens is 1. The van der Waals surface area contributed by atoms with Gasteiger partial charge in [0.2, 0.25) is 0 Å². The van der Waals surface area contributed by atoms with Crippen LogP contribution in [0.4, 0.5) is 4.39 Å². The number of aliphatic hydroxyl groups excluding tert-OH is 1. The quantitative estimate of drug-likeness (QED) is 0.721. The summed E-state index contributed by atoms with van der Waals surface area (Å²) in [6, 6.07) is 13.0. The van der Waals surface area contributed by atoms with E-state index in [0.29, 0.717) is 0 Å². The van der Waals surface area contributed by atoms with E-state index < -0.39 is 6.10 Å². The van der Waals surface area contributed by atoms with Crippen LogP contribution in [0.3, 0.4) is 0 Å². The Morgan fingerprint density at radius 3 is 2.35 bits per heavy atom. The maximum absolute atomic E-state index is 13.4. The van der Waals surface area contributed by atoms with Gasteiger partial charge >= 0.3 is 0 Å². The minimum Gasteiger partial charge on any atom is -0.383 e. The van der Waals surface area contributed by atoms with Crippen molar-refractivity contribution >= 4 is 21.4 Å². The van der Waals surface area contributed by atoms with Crippen LogP contribution in [-0.2, 0) is 0 Å². The number of rotatable bonds is 2. The second-order valence-corrected chi connectivity index (χ2v) is 6.16. The summed E-state index contributed by atoms with van der Waals surface area (Å²) in [4.78, 5) is 0.893. The van der Waals surface area contributed by atoms with E-state index in [1.807, 2.05) is 44.2 Å². The Hall–Kier alpha value is -1.71. The Morgan fingerprint density at radius 2 is 1.70 bits per heavy atom. The van der Waals surface area contributed by atoms with E-state index in [2.05, 4.69) is 0 Å². The van der Waals surface area contributed by atoms with Gasteiger partial charge in [0.25, 0.3) is 0 Å². The average Bonchev–Trinajstić information content (AvgIpc) is 2.81. The summed E-state index contributed by atoms with van der Waals surface area (Å²) < 4.78 is 14.5. The molecule has 0 saturated carbocycles. The fraction of sp³-hybridized carbons (Fsp3) is 0.176. The molecule has 0 bridgehead atoms. The van der Waals surface area contributed by atoms with Gasteiger partial charge in [0, 0.05) is 9.58 Å². The molecule has 0 spiro atoms. The number of hydrogen-bond acceptors (Lipinski definition) is 2. The summed E-state index contributed by atoms with van der Waals surface area (Å²) in [6.07, 6.45) is -0.701. The normalized spacial score (nSPS) is 12.8. The third-order valence-electron chi connectivity index (χ3n) is 3.55. The lowest BCUT2D eigenvalue weighted by Crippen LogP contribution is -2.03. The molecule has 0 saturated heterocycles. The zero-order valence-corrected chi connectivity index (χ0v) is 12.2. The molecule has 3 aromatic rings. The lowest BCUT2D eigenvalue weighted by molar-refractivity contribution is 0.222. The van der Waals surface area contributed by atoms with Crippen LogP contribution in [0.15, 0.2) is 42.5 Å². The van der Waals surface area contributed by atoms with E-state index >= 15 is 0 Å². The summed E-state index contributed by atoms with van der Waals surface area (Å²) in [5.41, 5.74) is 2.37. The fourth-order valence-corrected chi connectivity index (χ4v) is 3.69. The zero-order chi connectivity index (χ0) is 14.3. The van der Waals surface area contributed by atoms with Gasteiger partial charge < -0.3 is 5.11 Å². The first-order chi connectivity index (χ1) is 9.56. The number of fused-ring (bicyclic) bond motifs is 1. The van der Waals surface area contributed by atoms with Crippen molar-refractivity contribution in [3.05, 3.63) is 69.8 Å². The van der Waals surface area contributed by atoms with Gasteiger partial charge in [-0.2, -0.15) is 0 Å².